The highest BCUT2D eigenvalue weighted by molar-refractivity contribution is 7.99. The van der Waals surface area contributed by atoms with Crippen LogP contribution in [-0.2, 0) is 17.9 Å². The minimum absolute atomic E-state index is 0.156. The van der Waals surface area contributed by atoms with Gasteiger partial charge in [0, 0.05) is 22.9 Å². The third kappa shape index (κ3) is 5.90. The van der Waals surface area contributed by atoms with E-state index >= 15 is 0 Å². The molecule has 7 nitrogen and oxygen atoms in total. The van der Waals surface area contributed by atoms with E-state index in [1.54, 1.807) is 6.08 Å². The number of benzene rings is 3. The highest BCUT2D eigenvalue weighted by Crippen LogP contribution is 2.27. The summed E-state index contributed by atoms with van der Waals surface area (Å²) in [6.07, 6.45) is 1.77. The molecule has 0 aliphatic carbocycles. The summed E-state index contributed by atoms with van der Waals surface area (Å²) in [6.45, 7) is 6.66. The van der Waals surface area contributed by atoms with Crippen LogP contribution in [0.5, 0.6) is 5.75 Å². The van der Waals surface area contributed by atoms with Crippen LogP contribution in [0.3, 0.4) is 0 Å². The van der Waals surface area contributed by atoms with Gasteiger partial charge in [-0.05, 0) is 18.4 Å². The maximum absolute atomic E-state index is 12.6. The Balaban J connectivity index is 1.21. The van der Waals surface area contributed by atoms with E-state index in [-0.39, 0.29) is 18.3 Å². The maximum Gasteiger partial charge on any atom is 0.236 e. The molecule has 0 radical (unpaired) electrons. The first-order valence-electron chi connectivity index (χ1n) is 11.7. The highest BCUT2D eigenvalue weighted by atomic mass is 32.2. The molecule has 5 aromatic rings. The molecular formula is C28H25N5O2S2. The van der Waals surface area contributed by atoms with Gasteiger partial charge in [0.1, 0.15) is 12.4 Å². The standard InChI is InChI=1S/C28H25N5O2S2/c1-3-15-33-25(16-35-24-10-6-8-20-7-4-5-9-22(20)24)31-32-28(33)37-18-26(34)30-27-29-23(17-36-27)21-13-11-19(2)12-14-21/h3-14,17H,1,15-16,18H2,2H3,(H,29,30,34). The summed E-state index contributed by atoms with van der Waals surface area (Å²) in [5.74, 6) is 1.47. The lowest BCUT2D eigenvalue weighted by atomic mass is 10.1. The number of anilines is 1. The van der Waals surface area contributed by atoms with Gasteiger partial charge in [0.05, 0.1) is 11.4 Å². The molecule has 0 saturated carbocycles. The van der Waals surface area contributed by atoms with Gasteiger partial charge in [-0.1, -0.05) is 84.1 Å². The van der Waals surface area contributed by atoms with Crippen molar-refractivity contribution in [3.05, 3.63) is 96.2 Å². The van der Waals surface area contributed by atoms with Crippen LogP contribution in [0.1, 0.15) is 11.4 Å². The molecule has 5 rings (SSSR count). The first-order chi connectivity index (χ1) is 18.1. The first kappa shape index (κ1) is 24.7. The number of carbonyl (C=O) groups is 1. The van der Waals surface area contributed by atoms with Crippen LogP contribution in [0.15, 0.2) is 89.9 Å². The highest BCUT2D eigenvalue weighted by Gasteiger charge is 2.15. The summed E-state index contributed by atoms with van der Waals surface area (Å²) < 4.78 is 8.01. The number of thioether (sulfide) groups is 1. The number of carbonyl (C=O) groups excluding carboxylic acids is 1. The fourth-order valence-corrected chi connectivity index (χ4v) is 5.28. The quantitative estimate of drug-likeness (QED) is 0.168. The molecule has 0 bridgehead atoms. The van der Waals surface area contributed by atoms with Gasteiger partial charge in [-0.3, -0.25) is 9.36 Å². The van der Waals surface area contributed by atoms with E-state index in [9.17, 15) is 4.79 Å². The average molecular weight is 528 g/mol. The van der Waals surface area contributed by atoms with E-state index in [0.717, 1.165) is 27.8 Å². The number of hydrogen-bond acceptors (Lipinski definition) is 7. The van der Waals surface area contributed by atoms with Crippen LogP contribution in [0, 0.1) is 6.92 Å². The summed E-state index contributed by atoms with van der Waals surface area (Å²) in [7, 11) is 0. The van der Waals surface area contributed by atoms with Crippen molar-refractivity contribution < 1.29 is 9.53 Å². The molecule has 0 aliphatic heterocycles. The fourth-order valence-electron chi connectivity index (χ4n) is 3.78. The Morgan fingerprint density at radius 3 is 2.76 bits per heavy atom. The van der Waals surface area contributed by atoms with Gasteiger partial charge in [-0.25, -0.2) is 4.98 Å². The smallest absolute Gasteiger partial charge is 0.236 e. The summed E-state index contributed by atoms with van der Waals surface area (Å²) in [6, 6.07) is 22.2. The summed E-state index contributed by atoms with van der Waals surface area (Å²) in [4.78, 5) is 17.2. The van der Waals surface area contributed by atoms with Crippen molar-refractivity contribution in [2.24, 2.45) is 0 Å². The zero-order valence-electron chi connectivity index (χ0n) is 20.3. The van der Waals surface area contributed by atoms with E-state index in [4.69, 9.17) is 4.74 Å². The predicted octanol–water partition coefficient (Wildman–Crippen LogP) is 6.36. The molecule has 2 aromatic heterocycles. The monoisotopic (exact) mass is 527 g/mol. The lowest BCUT2D eigenvalue weighted by Gasteiger charge is -2.11. The molecule has 0 unspecified atom stereocenters. The molecule has 0 aliphatic rings. The van der Waals surface area contributed by atoms with Crippen molar-refractivity contribution in [1.82, 2.24) is 19.7 Å². The number of aromatic nitrogens is 4. The number of ether oxygens (including phenoxy) is 1. The molecule has 0 atom stereocenters. The second kappa shape index (κ2) is 11.4. The summed E-state index contributed by atoms with van der Waals surface area (Å²) >= 11 is 2.72. The normalized spacial score (nSPS) is 10.9. The number of aryl methyl sites for hydroxylation is 1. The van der Waals surface area contributed by atoms with E-state index in [1.165, 1.54) is 28.7 Å². The zero-order chi connectivity index (χ0) is 25.6. The molecule has 1 amide bonds. The van der Waals surface area contributed by atoms with Crippen LogP contribution in [-0.4, -0.2) is 31.4 Å². The lowest BCUT2D eigenvalue weighted by molar-refractivity contribution is -0.113. The van der Waals surface area contributed by atoms with Gasteiger partial charge >= 0.3 is 0 Å². The Hall–Kier alpha value is -3.95. The van der Waals surface area contributed by atoms with Crippen molar-refractivity contribution in [2.75, 3.05) is 11.1 Å². The Bertz CT molecular complexity index is 1540. The van der Waals surface area contributed by atoms with Crippen molar-refractivity contribution in [3.8, 4) is 17.0 Å². The van der Waals surface area contributed by atoms with Gasteiger partial charge < -0.3 is 10.1 Å². The van der Waals surface area contributed by atoms with Gasteiger partial charge in [-0.15, -0.1) is 28.1 Å². The third-order valence-corrected chi connectivity index (χ3v) is 7.37. The largest absolute Gasteiger partial charge is 0.485 e. The van der Waals surface area contributed by atoms with Crippen LogP contribution in [0.2, 0.25) is 0 Å². The number of thiazole rings is 1. The van der Waals surface area contributed by atoms with E-state index in [2.05, 4.69) is 39.2 Å². The Morgan fingerprint density at radius 2 is 1.92 bits per heavy atom. The van der Waals surface area contributed by atoms with E-state index in [1.807, 2.05) is 71.5 Å². The van der Waals surface area contributed by atoms with Crippen LogP contribution in [0.25, 0.3) is 22.0 Å². The Labute approximate surface area is 223 Å². The molecule has 3 aromatic carbocycles. The van der Waals surface area contributed by atoms with E-state index in [0.29, 0.717) is 22.7 Å². The molecule has 0 fully saturated rings. The number of allylic oxidation sites excluding steroid dienone is 1. The fraction of sp³-hybridized carbons (Fsp3) is 0.143. The number of nitrogens with zero attached hydrogens (tertiary/aromatic N) is 4. The van der Waals surface area contributed by atoms with Gasteiger partial charge in [-0.2, -0.15) is 0 Å². The van der Waals surface area contributed by atoms with E-state index < -0.39 is 0 Å². The molecule has 37 heavy (non-hydrogen) atoms. The van der Waals surface area contributed by atoms with Crippen molar-refractivity contribution in [2.45, 2.75) is 25.2 Å². The summed E-state index contributed by atoms with van der Waals surface area (Å²) in [5.41, 5.74) is 3.05. The van der Waals surface area contributed by atoms with Gasteiger partial charge in [0.2, 0.25) is 5.91 Å². The van der Waals surface area contributed by atoms with Crippen molar-refractivity contribution in [1.29, 1.82) is 0 Å². The minimum Gasteiger partial charge on any atom is -0.485 e. The topological polar surface area (TPSA) is 81.9 Å². The molecule has 186 valence electrons. The number of fused-ring (bicyclic) bond motifs is 1. The number of hydrogen-bond donors (Lipinski definition) is 1. The molecule has 0 spiro atoms. The second-order valence-electron chi connectivity index (χ2n) is 8.30. The molecular weight excluding hydrogens is 502 g/mol. The first-order valence-corrected chi connectivity index (χ1v) is 13.6. The van der Waals surface area contributed by atoms with Gasteiger partial charge in [0.25, 0.3) is 0 Å². The van der Waals surface area contributed by atoms with Crippen molar-refractivity contribution >= 4 is 44.9 Å². The number of nitrogens with one attached hydrogen (secondary N) is 1. The van der Waals surface area contributed by atoms with Gasteiger partial charge in [0.15, 0.2) is 16.1 Å². The average Bonchev–Trinajstić information content (AvgIpc) is 3.54. The Kier molecular flexibility index (Phi) is 7.62. The van der Waals surface area contributed by atoms with Crippen molar-refractivity contribution in [3.63, 3.8) is 0 Å². The molecule has 2 heterocycles. The predicted molar refractivity (Wildman–Crippen MR) is 150 cm³/mol. The maximum atomic E-state index is 12.6. The second-order valence-corrected chi connectivity index (χ2v) is 10.1. The summed E-state index contributed by atoms with van der Waals surface area (Å²) in [5, 5.41) is 16.8. The molecule has 9 heteroatoms. The molecule has 1 N–H and O–H groups in total. The number of amides is 1. The lowest BCUT2D eigenvalue weighted by Crippen LogP contribution is -2.15. The number of rotatable bonds is 10. The van der Waals surface area contributed by atoms with Crippen LogP contribution in [0.4, 0.5) is 5.13 Å². The molecule has 0 saturated heterocycles. The zero-order valence-corrected chi connectivity index (χ0v) is 21.9. The van der Waals surface area contributed by atoms with Crippen LogP contribution < -0.4 is 10.1 Å². The third-order valence-electron chi connectivity index (χ3n) is 5.64. The van der Waals surface area contributed by atoms with Crippen LogP contribution >= 0.6 is 23.1 Å². The SMILES string of the molecule is C=CCn1c(COc2cccc3ccccc23)nnc1SCC(=O)Nc1nc(-c2ccc(C)cc2)cs1. The minimum atomic E-state index is -0.156. The Morgan fingerprint density at radius 1 is 1.11 bits per heavy atom.